The van der Waals surface area contributed by atoms with Gasteiger partial charge in [-0.2, -0.15) is 0 Å². The van der Waals surface area contributed by atoms with E-state index in [0.29, 0.717) is 10.9 Å². The fourth-order valence-corrected chi connectivity index (χ4v) is 13.3. The van der Waals surface area contributed by atoms with Gasteiger partial charge in [-0.1, -0.05) is 86.2 Å². The molecule has 0 aromatic heterocycles. The van der Waals surface area contributed by atoms with Gasteiger partial charge in [0, 0.05) is 16.9 Å². The van der Waals surface area contributed by atoms with Crippen LogP contribution >= 0.6 is 11.6 Å². The Labute approximate surface area is 209 Å². The van der Waals surface area contributed by atoms with Gasteiger partial charge in [-0.15, -0.1) is 0 Å². The Bertz CT molecular complexity index is 1210. The Balaban J connectivity index is 1.52. The van der Waals surface area contributed by atoms with Gasteiger partial charge in [0.05, 0.1) is 19.9 Å². The van der Waals surface area contributed by atoms with Crippen molar-refractivity contribution in [3.8, 4) is 0 Å². The lowest BCUT2D eigenvalue weighted by molar-refractivity contribution is -0.129. The molecular weight excluding hydrogens is 482 g/mol. The Hall–Kier alpha value is -1.63. The zero-order valence-corrected chi connectivity index (χ0v) is 23.0. The first-order chi connectivity index (χ1) is 15.9. The van der Waals surface area contributed by atoms with Gasteiger partial charge < -0.3 is 0 Å². The zero-order chi connectivity index (χ0) is 24.5. The SMILES string of the molecule is CC1(C)[C@@H]2CC[C@]13CS(=O)(=O)N(C(=O)C[C@H](c1ccc(Cl)cc1)[Si](C)(C)c1ccccc1)[C@@H]3C2. The minimum atomic E-state index is -3.63. The number of fused-ring (bicyclic) bond motifs is 1. The lowest BCUT2D eigenvalue weighted by atomic mass is 9.69. The third-order valence-corrected chi connectivity index (χ3v) is 16.0. The number of amides is 1. The van der Waals surface area contributed by atoms with Gasteiger partial charge >= 0.3 is 0 Å². The summed E-state index contributed by atoms with van der Waals surface area (Å²) in [5.74, 6) is 0.373. The van der Waals surface area contributed by atoms with Crippen molar-refractivity contribution in [3.63, 3.8) is 0 Å². The molecule has 7 heteroatoms. The van der Waals surface area contributed by atoms with E-state index in [2.05, 4.69) is 39.1 Å². The fourth-order valence-electron chi connectivity index (χ4n) is 7.44. The number of carbonyl (C=O) groups excluding carboxylic acids is 1. The minimum Gasteiger partial charge on any atom is -0.274 e. The van der Waals surface area contributed by atoms with Crippen molar-refractivity contribution in [1.29, 1.82) is 0 Å². The maximum absolute atomic E-state index is 14.0. The number of halogens is 1. The van der Waals surface area contributed by atoms with E-state index in [4.69, 9.17) is 11.6 Å². The van der Waals surface area contributed by atoms with Crippen molar-refractivity contribution < 1.29 is 13.2 Å². The van der Waals surface area contributed by atoms with Crippen LogP contribution in [0.5, 0.6) is 0 Å². The van der Waals surface area contributed by atoms with Crippen molar-refractivity contribution >= 4 is 40.8 Å². The molecular formula is C27H34ClNO3SSi. The smallest absolute Gasteiger partial charge is 0.238 e. The van der Waals surface area contributed by atoms with Crippen molar-refractivity contribution in [2.24, 2.45) is 16.7 Å². The Morgan fingerprint density at radius 1 is 1.12 bits per heavy atom. The van der Waals surface area contributed by atoms with Crippen LogP contribution in [0.3, 0.4) is 0 Å². The van der Waals surface area contributed by atoms with Crippen LogP contribution in [0.4, 0.5) is 0 Å². The standard InChI is InChI=1S/C27H34ClNO3SSi/c1-26(2)20-14-15-27(26)18-33(31,32)29(24(27)16-20)25(30)17-23(19-10-12-21(28)13-11-19)34(3,4)22-8-6-5-7-9-22/h5-13,20,23-24H,14-18H2,1-4H3/t20-,23-,24-,27-/m1/s1. The van der Waals surface area contributed by atoms with Gasteiger partial charge in [0.1, 0.15) is 0 Å². The van der Waals surface area contributed by atoms with Crippen LogP contribution in [-0.4, -0.2) is 38.5 Å². The van der Waals surface area contributed by atoms with E-state index in [-0.39, 0.29) is 40.5 Å². The molecule has 1 aliphatic heterocycles. The van der Waals surface area contributed by atoms with Crippen molar-refractivity contribution in [1.82, 2.24) is 4.31 Å². The first-order valence-corrected chi connectivity index (χ1v) is 17.3. The summed E-state index contributed by atoms with van der Waals surface area (Å²) in [5, 5.41) is 1.91. The first kappa shape index (κ1) is 24.1. The highest BCUT2D eigenvalue weighted by atomic mass is 35.5. The van der Waals surface area contributed by atoms with Crippen LogP contribution in [0.25, 0.3) is 0 Å². The van der Waals surface area contributed by atoms with Crippen molar-refractivity contribution in [3.05, 3.63) is 65.2 Å². The van der Waals surface area contributed by atoms with Gasteiger partial charge in [-0.3, -0.25) is 4.79 Å². The highest BCUT2D eigenvalue weighted by molar-refractivity contribution is 7.90. The van der Waals surface area contributed by atoms with Crippen molar-refractivity contribution in [2.75, 3.05) is 5.75 Å². The summed E-state index contributed by atoms with van der Waals surface area (Å²) in [7, 11) is -5.82. The van der Waals surface area contributed by atoms with Gasteiger partial charge in [-0.05, 0) is 53.8 Å². The molecule has 0 N–H and O–H groups in total. The number of nitrogens with zero attached hydrogens (tertiary/aromatic N) is 1. The summed E-state index contributed by atoms with van der Waals surface area (Å²) in [6.07, 6.45) is 2.99. The van der Waals surface area contributed by atoms with Crippen LogP contribution in [0, 0.1) is 16.7 Å². The molecule has 2 aromatic carbocycles. The molecule has 2 saturated carbocycles. The minimum absolute atomic E-state index is 0.0482. The highest BCUT2D eigenvalue weighted by Gasteiger charge is 2.72. The summed E-state index contributed by atoms with van der Waals surface area (Å²) in [6, 6.07) is 17.9. The van der Waals surface area contributed by atoms with E-state index in [0.717, 1.165) is 24.8 Å². The molecule has 4 atom stereocenters. The Morgan fingerprint density at radius 3 is 2.38 bits per heavy atom. The second-order valence-corrected chi connectivity index (χ2v) is 18.7. The predicted octanol–water partition coefficient (Wildman–Crippen LogP) is 5.34. The quantitative estimate of drug-likeness (QED) is 0.505. The van der Waals surface area contributed by atoms with E-state index in [1.807, 2.05) is 42.5 Å². The molecule has 3 fully saturated rings. The van der Waals surface area contributed by atoms with Crippen LogP contribution in [0.15, 0.2) is 54.6 Å². The predicted molar refractivity (Wildman–Crippen MR) is 140 cm³/mol. The molecule has 34 heavy (non-hydrogen) atoms. The summed E-state index contributed by atoms with van der Waals surface area (Å²) < 4.78 is 28.3. The van der Waals surface area contributed by atoms with Gasteiger partial charge in [0.2, 0.25) is 15.9 Å². The summed E-state index contributed by atoms with van der Waals surface area (Å²) >= 11 is 6.17. The third kappa shape index (κ3) is 3.43. The molecule has 5 rings (SSSR count). The monoisotopic (exact) mass is 515 g/mol. The fraction of sp³-hybridized carbons (Fsp3) is 0.519. The third-order valence-electron chi connectivity index (χ3n) is 9.70. The Kier molecular flexibility index (Phi) is 5.62. The number of hydrogen-bond donors (Lipinski definition) is 0. The topological polar surface area (TPSA) is 54.5 Å². The van der Waals surface area contributed by atoms with E-state index < -0.39 is 18.1 Å². The first-order valence-electron chi connectivity index (χ1n) is 12.3. The van der Waals surface area contributed by atoms with Crippen LogP contribution in [0.2, 0.25) is 18.1 Å². The highest BCUT2D eigenvalue weighted by Crippen LogP contribution is 2.70. The molecule has 2 aromatic rings. The summed E-state index contributed by atoms with van der Waals surface area (Å²) in [5.41, 5.74) is 0.651. The van der Waals surface area contributed by atoms with Crippen molar-refractivity contribution in [2.45, 2.75) is 64.2 Å². The van der Waals surface area contributed by atoms with Crippen LogP contribution < -0.4 is 5.19 Å². The molecule has 0 unspecified atom stereocenters. The summed E-state index contributed by atoms with van der Waals surface area (Å²) in [4.78, 5) is 14.0. The largest absolute Gasteiger partial charge is 0.274 e. The van der Waals surface area contributed by atoms with E-state index in [1.165, 1.54) is 9.49 Å². The normalized spacial score (nSPS) is 29.7. The molecule has 1 saturated heterocycles. The maximum Gasteiger partial charge on any atom is 0.238 e. The number of hydrogen-bond acceptors (Lipinski definition) is 3. The number of sulfonamides is 1. The molecule has 4 nitrogen and oxygen atoms in total. The molecule has 182 valence electrons. The van der Waals surface area contributed by atoms with E-state index >= 15 is 0 Å². The molecule has 1 amide bonds. The van der Waals surface area contributed by atoms with E-state index in [9.17, 15) is 13.2 Å². The number of benzene rings is 2. The van der Waals surface area contributed by atoms with Crippen LogP contribution in [-0.2, 0) is 14.8 Å². The summed E-state index contributed by atoms with van der Waals surface area (Å²) in [6.45, 7) is 8.98. The number of carbonyl (C=O) groups is 1. The zero-order valence-electron chi connectivity index (χ0n) is 20.4. The van der Waals surface area contributed by atoms with E-state index in [1.54, 1.807) is 0 Å². The van der Waals surface area contributed by atoms with Gasteiger partial charge in [0.25, 0.3) is 0 Å². The average molecular weight is 516 g/mol. The van der Waals surface area contributed by atoms with Gasteiger partial charge in [0.15, 0.2) is 0 Å². The molecule has 0 radical (unpaired) electrons. The molecule has 1 heterocycles. The lowest BCUT2D eigenvalue weighted by Crippen LogP contribution is -2.50. The average Bonchev–Trinajstić information content (AvgIpc) is 3.26. The van der Waals surface area contributed by atoms with Gasteiger partial charge in [-0.25, -0.2) is 12.7 Å². The second kappa shape index (κ2) is 7.94. The lowest BCUT2D eigenvalue weighted by Gasteiger charge is -2.38. The maximum atomic E-state index is 14.0. The molecule has 1 spiro atoms. The molecule has 2 bridgehead atoms. The second-order valence-electron chi connectivity index (χ2n) is 11.7. The molecule has 3 aliphatic rings. The Morgan fingerprint density at radius 2 is 1.76 bits per heavy atom. The van der Waals surface area contributed by atoms with Crippen LogP contribution in [0.1, 0.15) is 50.6 Å². The molecule has 2 aliphatic carbocycles. The number of rotatable bonds is 5.